The Hall–Kier alpha value is -2.62. The van der Waals surface area contributed by atoms with Gasteiger partial charge in [0.2, 0.25) is 11.8 Å². The molecular formula is C19H22N2O2. The highest BCUT2D eigenvalue weighted by molar-refractivity contribution is 5.95. The molecule has 4 nitrogen and oxygen atoms in total. The van der Waals surface area contributed by atoms with Gasteiger partial charge in [0.1, 0.15) is 0 Å². The Morgan fingerprint density at radius 3 is 2.30 bits per heavy atom. The molecule has 1 N–H and O–H groups in total. The fraction of sp³-hybridized carbons (Fsp3) is 0.263. The number of carbonyl (C=O) groups is 2. The van der Waals surface area contributed by atoms with Crippen LogP contribution in [0.25, 0.3) is 0 Å². The van der Waals surface area contributed by atoms with Crippen LogP contribution in [-0.2, 0) is 16.0 Å². The van der Waals surface area contributed by atoms with Gasteiger partial charge in [-0.2, -0.15) is 0 Å². The number of nitrogens with one attached hydrogen (secondary N) is 1. The van der Waals surface area contributed by atoms with Crippen molar-refractivity contribution in [3.63, 3.8) is 0 Å². The molecule has 0 aromatic heterocycles. The van der Waals surface area contributed by atoms with Gasteiger partial charge in [0.25, 0.3) is 0 Å². The quantitative estimate of drug-likeness (QED) is 0.885. The molecule has 2 aromatic carbocycles. The van der Waals surface area contributed by atoms with Crippen LogP contribution in [-0.4, -0.2) is 18.4 Å². The second-order valence-corrected chi connectivity index (χ2v) is 5.32. The minimum atomic E-state index is -0.0897. The van der Waals surface area contributed by atoms with Gasteiger partial charge >= 0.3 is 0 Å². The molecule has 0 atom stereocenters. The molecule has 120 valence electrons. The largest absolute Gasteiger partial charge is 0.326 e. The number of nitrogens with zero attached hydrogens (tertiary/aromatic N) is 1. The third-order valence-corrected chi connectivity index (χ3v) is 3.68. The highest BCUT2D eigenvalue weighted by atomic mass is 16.2. The number of anilines is 2. The van der Waals surface area contributed by atoms with E-state index in [1.54, 1.807) is 4.90 Å². The molecule has 0 radical (unpaired) electrons. The van der Waals surface area contributed by atoms with Crippen molar-refractivity contribution in [2.75, 3.05) is 16.8 Å². The van der Waals surface area contributed by atoms with E-state index in [2.05, 4.69) is 12.2 Å². The first-order valence-corrected chi connectivity index (χ1v) is 7.82. The summed E-state index contributed by atoms with van der Waals surface area (Å²) in [7, 11) is 0. The molecule has 0 aliphatic carbocycles. The molecule has 0 bridgehead atoms. The van der Waals surface area contributed by atoms with Gasteiger partial charge < -0.3 is 10.2 Å². The maximum atomic E-state index is 12.2. The maximum absolute atomic E-state index is 12.2. The fourth-order valence-electron chi connectivity index (χ4n) is 2.45. The minimum absolute atomic E-state index is 0.0713. The van der Waals surface area contributed by atoms with E-state index in [1.807, 2.05) is 54.6 Å². The van der Waals surface area contributed by atoms with Crippen LogP contribution in [0.2, 0.25) is 0 Å². The van der Waals surface area contributed by atoms with Crippen molar-refractivity contribution in [1.82, 2.24) is 0 Å². The Kier molecular flexibility index (Phi) is 5.92. The molecule has 23 heavy (non-hydrogen) atoms. The lowest BCUT2D eigenvalue weighted by molar-refractivity contribution is -0.117. The van der Waals surface area contributed by atoms with Gasteiger partial charge in [0, 0.05) is 31.3 Å². The van der Waals surface area contributed by atoms with Crippen LogP contribution >= 0.6 is 0 Å². The molecule has 0 saturated carbocycles. The van der Waals surface area contributed by atoms with Crippen LogP contribution in [0.1, 0.15) is 25.8 Å². The highest BCUT2D eigenvalue weighted by Gasteiger charge is 2.13. The second-order valence-electron chi connectivity index (χ2n) is 5.32. The van der Waals surface area contributed by atoms with E-state index in [9.17, 15) is 9.59 Å². The fourth-order valence-corrected chi connectivity index (χ4v) is 2.45. The first-order valence-electron chi connectivity index (χ1n) is 7.82. The molecule has 0 unspecified atom stereocenters. The van der Waals surface area contributed by atoms with Crippen LogP contribution < -0.4 is 10.2 Å². The smallest absolute Gasteiger partial charge is 0.226 e. The average Bonchev–Trinajstić information content (AvgIpc) is 2.56. The van der Waals surface area contributed by atoms with E-state index in [0.717, 1.165) is 23.4 Å². The van der Waals surface area contributed by atoms with E-state index >= 15 is 0 Å². The predicted octanol–water partition coefficient (Wildman–Crippen LogP) is 3.63. The zero-order chi connectivity index (χ0) is 16.7. The average molecular weight is 310 g/mol. The monoisotopic (exact) mass is 310 g/mol. The Morgan fingerprint density at radius 2 is 1.65 bits per heavy atom. The number of carbonyl (C=O) groups excluding carboxylic acids is 2. The van der Waals surface area contributed by atoms with Crippen molar-refractivity contribution < 1.29 is 9.59 Å². The van der Waals surface area contributed by atoms with Gasteiger partial charge in [-0.05, 0) is 30.2 Å². The highest BCUT2D eigenvalue weighted by Crippen LogP contribution is 2.17. The Balaban J connectivity index is 1.98. The van der Waals surface area contributed by atoms with Gasteiger partial charge in [0.05, 0.1) is 0 Å². The number of amides is 2. The molecule has 0 fully saturated rings. The lowest BCUT2D eigenvalue weighted by Gasteiger charge is -2.21. The first-order chi connectivity index (χ1) is 11.1. The third-order valence-electron chi connectivity index (χ3n) is 3.68. The summed E-state index contributed by atoms with van der Waals surface area (Å²) < 4.78 is 0. The van der Waals surface area contributed by atoms with Gasteiger partial charge in [-0.1, -0.05) is 43.3 Å². The zero-order valence-corrected chi connectivity index (χ0v) is 13.6. The van der Waals surface area contributed by atoms with E-state index in [0.29, 0.717) is 6.54 Å². The van der Waals surface area contributed by atoms with Crippen molar-refractivity contribution in [3.05, 3.63) is 60.2 Å². The van der Waals surface area contributed by atoms with E-state index in [1.165, 1.54) is 6.92 Å². The summed E-state index contributed by atoms with van der Waals surface area (Å²) in [4.78, 5) is 25.6. The van der Waals surface area contributed by atoms with Crippen LogP contribution in [0.3, 0.4) is 0 Å². The summed E-state index contributed by atoms with van der Waals surface area (Å²) in [5.74, 6) is -0.161. The van der Waals surface area contributed by atoms with Gasteiger partial charge in [-0.3, -0.25) is 9.59 Å². The summed E-state index contributed by atoms with van der Waals surface area (Å²) in [6.45, 7) is 3.93. The number of hydrogen-bond acceptors (Lipinski definition) is 2. The number of hydrogen-bond donors (Lipinski definition) is 1. The zero-order valence-electron chi connectivity index (χ0n) is 13.6. The lowest BCUT2D eigenvalue weighted by atomic mass is 10.1. The van der Waals surface area contributed by atoms with E-state index in [4.69, 9.17) is 0 Å². The lowest BCUT2D eigenvalue weighted by Crippen LogP contribution is -2.31. The van der Waals surface area contributed by atoms with Crippen molar-refractivity contribution in [2.45, 2.75) is 26.7 Å². The SMILES string of the molecule is CCc1ccccc1NC(=O)CCN(C(C)=O)c1ccccc1. The van der Waals surface area contributed by atoms with Crippen LogP contribution in [0.5, 0.6) is 0 Å². The molecule has 2 amide bonds. The molecule has 0 aliphatic heterocycles. The van der Waals surface area contributed by atoms with Crippen molar-refractivity contribution in [2.24, 2.45) is 0 Å². The Labute approximate surface area is 137 Å². The first kappa shape index (κ1) is 16.7. The number of benzene rings is 2. The van der Waals surface area contributed by atoms with Gasteiger partial charge in [-0.15, -0.1) is 0 Å². The maximum Gasteiger partial charge on any atom is 0.226 e. The molecule has 2 aromatic rings. The summed E-state index contributed by atoms with van der Waals surface area (Å²) >= 11 is 0. The normalized spacial score (nSPS) is 10.2. The molecule has 0 aliphatic rings. The minimum Gasteiger partial charge on any atom is -0.326 e. The summed E-state index contributed by atoms with van der Waals surface area (Å²) in [5, 5.41) is 2.93. The standard InChI is InChI=1S/C19H22N2O2/c1-3-16-9-7-8-12-18(16)20-19(23)13-14-21(15(2)22)17-10-5-4-6-11-17/h4-12H,3,13-14H2,1-2H3,(H,20,23). The molecule has 2 rings (SSSR count). The van der Waals surface area contributed by atoms with Crippen LogP contribution in [0.15, 0.2) is 54.6 Å². The predicted molar refractivity (Wildman–Crippen MR) is 93.5 cm³/mol. The van der Waals surface area contributed by atoms with E-state index in [-0.39, 0.29) is 18.2 Å². The van der Waals surface area contributed by atoms with Crippen LogP contribution in [0.4, 0.5) is 11.4 Å². The number of rotatable bonds is 6. The Morgan fingerprint density at radius 1 is 1.00 bits per heavy atom. The third kappa shape index (κ3) is 4.68. The molecular weight excluding hydrogens is 288 g/mol. The molecule has 0 spiro atoms. The van der Waals surface area contributed by atoms with Gasteiger partial charge in [0.15, 0.2) is 0 Å². The summed E-state index contributed by atoms with van der Waals surface area (Å²) in [5.41, 5.74) is 2.75. The van der Waals surface area contributed by atoms with Crippen molar-refractivity contribution in [3.8, 4) is 0 Å². The summed E-state index contributed by atoms with van der Waals surface area (Å²) in [6, 6.07) is 17.2. The topological polar surface area (TPSA) is 49.4 Å². The van der Waals surface area contributed by atoms with Crippen molar-refractivity contribution in [1.29, 1.82) is 0 Å². The molecule has 0 heterocycles. The van der Waals surface area contributed by atoms with E-state index < -0.39 is 0 Å². The Bertz CT molecular complexity index is 668. The van der Waals surface area contributed by atoms with Gasteiger partial charge in [-0.25, -0.2) is 0 Å². The molecule has 0 saturated heterocycles. The molecule has 4 heteroatoms. The van der Waals surface area contributed by atoms with Crippen LogP contribution in [0, 0.1) is 0 Å². The second kappa shape index (κ2) is 8.13. The summed E-state index contributed by atoms with van der Waals surface area (Å²) in [6.07, 6.45) is 1.12. The van der Waals surface area contributed by atoms with Crippen molar-refractivity contribution >= 4 is 23.2 Å². The number of para-hydroxylation sites is 2. The number of aryl methyl sites for hydroxylation is 1.